The molecule has 0 aliphatic carbocycles. The van der Waals surface area contributed by atoms with Crippen molar-refractivity contribution in [1.82, 2.24) is 0 Å². The van der Waals surface area contributed by atoms with E-state index in [0.717, 1.165) is 57.1 Å². The van der Waals surface area contributed by atoms with Crippen molar-refractivity contribution in [1.29, 1.82) is 0 Å². The van der Waals surface area contributed by atoms with Crippen LogP contribution in [0.5, 0.6) is 0 Å². The Morgan fingerprint density at radius 2 is 1.12 bits per heavy atom. The third-order valence-electron chi connectivity index (χ3n) is 3.50. The molecular formula is C20H39BrO5. The van der Waals surface area contributed by atoms with E-state index < -0.39 is 0 Å². The maximum Gasteiger partial charge on any atom is 0.305 e. The first-order valence-electron chi connectivity index (χ1n) is 10.1. The van der Waals surface area contributed by atoms with E-state index in [2.05, 4.69) is 15.9 Å². The van der Waals surface area contributed by atoms with Crippen LogP contribution in [0.2, 0.25) is 0 Å². The van der Waals surface area contributed by atoms with Gasteiger partial charge in [0, 0.05) is 31.4 Å². The van der Waals surface area contributed by atoms with E-state index >= 15 is 0 Å². The highest BCUT2D eigenvalue weighted by atomic mass is 79.9. The summed E-state index contributed by atoms with van der Waals surface area (Å²) in [6.45, 7) is 8.30. The van der Waals surface area contributed by atoms with Crippen LogP contribution in [-0.4, -0.2) is 43.7 Å². The van der Waals surface area contributed by atoms with Crippen LogP contribution in [0.4, 0.5) is 0 Å². The number of carbonyl (C=O) groups is 2. The first-order chi connectivity index (χ1) is 12.6. The second-order valence-electron chi connectivity index (χ2n) is 5.82. The summed E-state index contributed by atoms with van der Waals surface area (Å²) in [5.41, 5.74) is 0. The molecule has 0 aromatic carbocycles. The number of rotatable bonds is 16. The second kappa shape index (κ2) is 24.4. The Bertz CT molecular complexity index is 311. The van der Waals surface area contributed by atoms with Gasteiger partial charge in [-0.3, -0.25) is 9.59 Å². The molecule has 0 unspecified atom stereocenters. The predicted molar refractivity (Wildman–Crippen MR) is 110 cm³/mol. The number of unbranched alkanes of at least 4 members (excludes halogenated alkanes) is 6. The van der Waals surface area contributed by atoms with E-state index in [0.29, 0.717) is 26.1 Å². The lowest BCUT2D eigenvalue weighted by molar-refractivity contribution is -0.144. The van der Waals surface area contributed by atoms with Gasteiger partial charge < -0.3 is 14.2 Å². The van der Waals surface area contributed by atoms with E-state index in [4.69, 9.17) is 14.2 Å². The Kier molecular flexibility index (Phi) is 25.9. The van der Waals surface area contributed by atoms with Crippen LogP contribution in [0.3, 0.4) is 0 Å². The van der Waals surface area contributed by atoms with E-state index in [-0.39, 0.29) is 11.9 Å². The number of hydrogen-bond donors (Lipinski definition) is 0. The predicted octanol–water partition coefficient (Wildman–Crippen LogP) is 5.43. The SMILES string of the molecule is CCOC(=O)CCCCCCBr.CCOCCCCCCC(=O)OCC. The van der Waals surface area contributed by atoms with E-state index in [1.54, 1.807) is 0 Å². The van der Waals surface area contributed by atoms with Gasteiger partial charge in [0.25, 0.3) is 0 Å². The maximum absolute atomic E-state index is 10.9. The average molecular weight is 439 g/mol. The Balaban J connectivity index is 0. The van der Waals surface area contributed by atoms with Gasteiger partial charge in [-0.2, -0.15) is 0 Å². The number of halogens is 1. The van der Waals surface area contributed by atoms with Crippen LogP contribution in [0.1, 0.15) is 85.0 Å². The molecular weight excluding hydrogens is 400 g/mol. The molecule has 0 spiro atoms. The number of carbonyl (C=O) groups excluding carboxylic acids is 2. The zero-order valence-electron chi connectivity index (χ0n) is 17.0. The number of esters is 2. The molecule has 0 bridgehead atoms. The van der Waals surface area contributed by atoms with Crippen molar-refractivity contribution in [3.8, 4) is 0 Å². The van der Waals surface area contributed by atoms with Gasteiger partial charge >= 0.3 is 11.9 Å². The molecule has 156 valence electrons. The Morgan fingerprint density at radius 1 is 0.654 bits per heavy atom. The molecule has 0 saturated heterocycles. The van der Waals surface area contributed by atoms with Gasteiger partial charge in [0.2, 0.25) is 0 Å². The molecule has 0 atom stereocenters. The minimum atomic E-state index is -0.0719. The third-order valence-corrected chi connectivity index (χ3v) is 4.06. The van der Waals surface area contributed by atoms with Crippen molar-refractivity contribution in [3.05, 3.63) is 0 Å². The maximum atomic E-state index is 10.9. The minimum absolute atomic E-state index is 0.0589. The summed E-state index contributed by atoms with van der Waals surface area (Å²) >= 11 is 3.36. The van der Waals surface area contributed by atoms with Crippen LogP contribution in [-0.2, 0) is 23.8 Å². The number of ether oxygens (including phenoxy) is 3. The van der Waals surface area contributed by atoms with Crippen molar-refractivity contribution < 1.29 is 23.8 Å². The molecule has 0 heterocycles. The molecule has 0 N–H and O–H groups in total. The zero-order chi connectivity index (χ0) is 19.9. The molecule has 0 radical (unpaired) electrons. The first kappa shape index (κ1) is 27.6. The molecule has 0 fully saturated rings. The van der Waals surface area contributed by atoms with E-state index in [1.165, 1.54) is 12.8 Å². The largest absolute Gasteiger partial charge is 0.466 e. The topological polar surface area (TPSA) is 61.8 Å². The van der Waals surface area contributed by atoms with Crippen LogP contribution < -0.4 is 0 Å². The molecule has 0 aliphatic heterocycles. The standard InChI is InChI=1S/C11H22O3.C9H17BrO2/c1-3-13-10-8-6-5-7-9-11(12)14-4-2;1-2-12-9(11)7-5-3-4-6-8-10/h3-10H2,1-2H3;2-8H2,1H3. The normalized spacial score (nSPS) is 10.0. The number of hydrogen-bond acceptors (Lipinski definition) is 5. The first-order valence-corrected chi connectivity index (χ1v) is 11.2. The molecule has 0 aliphatic rings. The quantitative estimate of drug-likeness (QED) is 0.182. The summed E-state index contributed by atoms with van der Waals surface area (Å²) < 4.78 is 14.8. The minimum Gasteiger partial charge on any atom is -0.466 e. The van der Waals surface area contributed by atoms with Crippen LogP contribution in [0.25, 0.3) is 0 Å². The van der Waals surface area contributed by atoms with Gasteiger partial charge in [-0.15, -0.1) is 0 Å². The van der Waals surface area contributed by atoms with Crippen molar-refractivity contribution in [2.75, 3.05) is 31.8 Å². The Morgan fingerprint density at radius 3 is 1.54 bits per heavy atom. The van der Waals surface area contributed by atoms with Crippen molar-refractivity contribution in [3.63, 3.8) is 0 Å². The second-order valence-corrected chi connectivity index (χ2v) is 6.62. The summed E-state index contributed by atoms with van der Waals surface area (Å²) in [7, 11) is 0. The third kappa shape index (κ3) is 25.6. The number of alkyl halides is 1. The van der Waals surface area contributed by atoms with Gasteiger partial charge in [-0.05, 0) is 46.5 Å². The van der Waals surface area contributed by atoms with Gasteiger partial charge in [0.1, 0.15) is 0 Å². The molecule has 0 aromatic rings. The van der Waals surface area contributed by atoms with Gasteiger partial charge in [0.05, 0.1) is 13.2 Å². The fourth-order valence-corrected chi connectivity index (χ4v) is 2.55. The van der Waals surface area contributed by atoms with Crippen LogP contribution >= 0.6 is 15.9 Å². The molecule has 0 amide bonds. The molecule has 6 heteroatoms. The van der Waals surface area contributed by atoms with Gasteiger partial charge in [0.15, 0.2) is 0 Å². The monoisotopic (exact) mass is 438 g/mol. The Hall–Kier alpha value is -0.620. The van der Waals surface area contributed by atoms with Crippen LogP contribution in [0, 0.1) is 0 Å². The molecule has 0 saturated carbocycles. The molecule has 0 aromatic heterocycles. The summed E-state index contributed by atoms with van der Waals surface area (Å²) in [5, 5.41) is 1.06. The Labute approximate surface area is 168 Å². The fraction of sp³-hybridized carbons (Fsp3) is 0.900. The molecule has 5 nitrogen and oxygen atoms in total. The van der Waals surface area contributed by atoms with Crippen molar-refractivity contribution in [2.45, 2.75) is 85.0 Å². The summed E-state index contributed by atoms with van der Waals surface area (Å²) in [6, 6.07) is 0. The van der Waals surface area contributed by atoms with E-state index in [9.17, 15) is 9.59 Å². The van der Waals surface area contributed by atoms with Crippen molar-refractivity contribution >= 4 is 27.9 Å². The highest BCUT2D eigenvalue weighted by molar-refractivity contribution is 9.09. The summed E-state index contributed by atoms with van der Waals surface area (Å²) in [5.74, 6) is -0.131. The lowest BCUT2D eigenvalue weighted by Gasteiger charge is -2.02. The van der Waals surface area contributed by atoms with Gasteiger partial charge in [-0.1, -0.05) is 41.6 Å². The fourth-order valence-electron chi connectivity index (χ4n) is 2.16. The summed E-state index contributed by atoms with van der Waals surface area (Å²) in [4.78, 5) is 21.8. The smallest absolute Gasteiger partial charge is 0.305 e. The highest BCUT2D eigenvalue weighted by Gasteiger charge is 2.00. The van der Waals surface area contributed by atoms with Crippen molar-refractivity contribution in [2.24, 2.45) is 0 Å². The zero-order valence-corrected chi connectivity index (χ0v) is 18.6. The molecule has 0 rings (SSSR count). The lowest BCUT2D eigenvalue weighted by atomic mass is 10.1. The highest BCUT2D eigenvalue weighted by Crippen LogP contribution is 2.05. The van der Waals surface area contributed by atoms with Gasteiger partial charge in [-0.25, -0.2) is 0 Å². The van der Waals surface area contributed by atoms with E-state index in [1.807, 2.05) is 20.8 Å². The average Bonchev–Trinajstić information content (AvgIpc) is 2.62. The summed E-state index contributed by atoms with van der Waals surface area (Å²) in [6.07, 6.45) is 9.88. The lowest BCUT2D eigenvalue weighted by Crippen LogP contribution is -2.03. The van der Waals surface area contributed by atoms with Crippen LogP contribution in [0.15, 0.2) is 0 Å². The molecule has 26 heavy (non-hydrogen) atoms.